The molecule has 1 rings (SSSR count). The largest absolute Gasteiger partial charge is 0.466 e. The first-order chi connectivity index (χ1) is 9.36. The van der Waals surface area contributed by atoms with E-state index >= 15 is 0 Å². The van der Waals surface area contributed by atoms with Crippen molar-refractivity contribution in [2.45, 2.75) is 13.3 Å². The zero-order valence-corrected chi connectivity index (χ0v) is 12.1. The number of carbonyl (C=O) groups is 1. The second-order valence-electron chi connectivity index (χ2n) is 4.13. The molecule has 0 saturated carbocycles. The highest BCUT2D eigenvalue weighted by molar-refractivity contribution is 7.80. The lowest BCUT2D eigenvalue weighted by Gasteiger charge is -2.20. The Kier molecular flexibility index (Phi) is 5.82. The molecule has 4 nitrogen and oxygen atoms in total. The number of halogens is 2. The van der Waals surface area contributed by atoms with Crippen molar-refractivity contribution in [1.82, 2.24) is 0 Å². The molecule has 20 heavy (non-hydrogen) atoms. The number of nitrogens with two attached hydrogens (primary N) is 1. The number of hydrogen-bond acceptors (Lipinski definition) is 4. The van der Waals surface area contributed by atoms with Crippen LogP contribution in [0, 0.1) is 11.6 Å². The Morgan fingerprint density at radius 1 is 1.40 bits per heavy atom. The Morgan fingerprint density at radius 2 is 1.95 bits per heavy atom. The van der Waals surface area contributed by atoms with Gasteiger partial charge < -0.3 is 15.4 Å². The van der Waals surface area contributed by atoms with Crippen LogP contribution < -0.4 is 10.6 Å². The molecular weight excluding hydrogens is 286 g/mol. The number of anilines is 1. The minimum atomic E-state index is -0.779. The Balaban J connectivity index is 2.85. The van der Waals surface area contributed by atoms with Gasteiger partial charge in [-0.1, -0.05) is 12.2 Å². The molecule has 0 fully saturated rings. The summed E-state index contributed by atoms with van der Waals surface area (Å²) in [6.07, 6.45) is 0.0419. The highest BCUT2D eigenvalue weighted by Gasteiger charge is 2.17. The predicted molar refractivity (Wildman–Crippen MR) is 76.8 cm³/mol. The summed E-state index contributed by atoms with van der Waals surface area (Å²) < 4.78 is 32.5. The number of esters is 1. The van der Waals surface area contributed by atoms with Crippen molar-refractivity contribution in [3.63, 3.8) is 0 Å². The highest BCUT2D eigenvalue weighted by Crippen LogP contribution is 2.24. The topological polar surface area (TPSA) is 55.6 Å². The van der Waals surface area contributed by atoms with Crippen molar-refractivity contribution in [3.8, 4) is 0 Å². The Bertz CT molecular complexity index is 500. The molecule has 0 saturated heterocycles. The van der Waals surface area contributed by atoms with E-state index in [0.29, 0.717) is 0 Å². The quantitative estimate of drug-likeness (QED) is 0.643. The fraction of sp³-hybridized carbons (Fsp3) is 0.385. The molecule has 110 valence electrons. The summed E-state index contributed by atoms with van der Waals surface area (Å²) in [4.78, 5) is 12.5. The molecule has 2 N–H and O–H groups in total. The molecule has 0 aliphatic heterocycles. The van der Waals surface area contributed by atoms with Gasteiger partial charge in [-0.25, -0.2) is 8.78 Å². The smallest absolute Gasteiger partial charge is 0.307 e. The minimum Gasteiger partial charge on any atom is -0.466 e. The van der Waals surface area contributed by atoms with Crippen LogP contribution in [0.3, 0.4) is 0 Å². The molecule has 1 aromatic carbocycles. The molecule has 0 heterocycles. The van der Waals surface area contributed by atoms with E-state index in [9.17, 15) is 13.6 Å². The van der Waals surface area contributed by atoms with E-state index in [-0.39, 0.29) is 35.8 Å². The van der Waals surface area contributed by atoms with Gasteiger partial charge in [0, 0.05) is 19.2 Å². The van der Waals surface area contributed by atoms with Crippen LogP contribution in [-0.4, -0.2) is 31.2 Å². The molecule has 0 amide bonds. The minimum absolute atomic E-state index is 0.0419. The van der Waals surface area contributed by atoms with Crippen molar-refractivity contribution in [2.24, 2.45) is 5.73 Å². The Labute approximate surface area is 121 Å². The fourth-order valence-corrected chi connectivity index (χ4v) is 1.79. The van der Waals surface area contributed by atoms with Gasteiger partial charge in [0.1, 0.15) is 22.3 Å². The van der Waals surface area contributed by atoms with Gasteiger partial charge in [-0.15, -0.1) is 0 Å². The molecule has 0 unspecified atom stereocenters. The molecule has 0 atom stereocenters. The van der Waals surface area contributed by atoms with Crippen molar-refractivity contribution in [1.29, 1.82) is 0 Å². The molecule has 0 spiro atoms. The second kappa shape index (κ2) is 7.14. The van der Waals surface area contributed by atoms with Gasteiger partial charge in [0.2, 0.25) is 0 Å². The molecule has 0 radical (unpaired) electrons. The molecule has 1 aromatic rings. The SMILES string of the molecule is CCOC(=O)CCN(C)c1c(F)cc(C(N)=S)cc1F. The summed E-state index contributed by atoms with van der Waals surface area (Å²) in [6.45, 7) is 2.10. The standard InChI is InChI=1S/C13H16F2N2O2S/c1-3-19-11(18)4-5-17(2)12-9(14)6-8(13(16)20)7-10(12)15/h6-7H,3-5H2,1-2H3,(H2,16,20). The highest BCUT2D eigenvalue weighted by atomic mass is 32.1. The predicted octanol–water partition coefficient (Wildman–Crippen LogP) is 1.99. The van der Waals surface area contributed by atoms with Crippen LogP contribution in [0.15, 0.2) is 12.1 Å². The average molecular weight is 302 g/mol. The molecule has 0 aliphatic carbocycles. The maximum Gasteiger partial charge on any atom is 0.307 e. The lowest BCUT2D eigenvalue weighted by molar-refractivity contribution is -0.142. The first-order valence-corrected chi connectivity index (χ1v) is 6.43. The van der Waals surface area contributed by atoms with Gasteiger partial charge >= 0.3 is 5.97 Å². The number of benzene rings is 1. The molecule has 7 heteroatoms. The maximum atomic E-state index is 13.9. The lowest BCUT2D eigenvalue weighted by atomic mass is 10.1. The van der Waals surface area contributed by atoms with E-state index in [4.69, 9.17) is 10.5 Å². The summed E-state index contributed by atoms with van der Waals surface area (Å²) in [5, 5.41) is 0. The van der Waals surface area contributed by atoms with Crippen LogP contribution in [-0.2, 0) is 9.53 Å². The zero-order valence-electron chi connectivity index (χ0n) is 11.3. The van der Waals surface area contributed by atoms with Crippen molar-refractivity contribution in [3.05, 3.63) is 29.3 Å². The van der Waals surface area contributed by atoms with Gasteiger partial charge in [0.15, 0.2) is 0 Å². The number of carbonyl (C=O) groups excluding carboxylic acids is 1. The van der Waals surface area contributed by atoms with Gasteiger partial charge in [-0.3, -0.25) is 4.79 Å². The summed E-state index contributed by atoms with van der Waals surface area (Å²) in [5.74, 6) is -1.97. The maximum absolute atomic E-state index is 13.9. The van der Waals surface area contributed by atoms with Crippen LogP contribution in [0.2, 0.25) is 0 Å². The summed E-state index contributed by atoms with van der Waals surface area (Å²) in [5.41, 5.74) is 5.23. The molecule has 0 bridgehead atoms. The van der Waals surface area contributed by atoms with Crippen LogP contribution in [0.25, 0.3) is 0 Å². The first-order valence-electron chi connectivity index (χ1n) is 6.02. The first kappa shape index (κ1) is 16.3. The number of rotatable bonds is 6. The van der Waals surface area contributed by atoms with Gasteiger partial charge in [0.25, 0.3) is 0 Å². The van der Waals surface area contributed by atoms with Gasteiger partial charge in [-0.2, -0.15) is 0 Å². The number of thiocarbonyl (C=S) groups is 1. The molecule has 0 aliphatic rings. The van der Waals surface area contributed by atoms with Crippen LogP contribution in [0.4, 0.5) is 14.5 Å². The number of nitrogens with zero attached hydrogens (tertiary/aromatic N) is 1. The van der Waals surface area contributed by atoms with Crippen LogP contribution in [0.1, 0.15) is 18.9 Å². The third kappa shape index (κ3) is 4.12. The van der Waals surface area contributed by atoms with E-state index in [1.807, 2.05) is 0 Å². The fourth-order valence-electron chi connectivity index (χ4n) is 1.68. The van der Waals surface area contributed by atoms with E-state index in [1.165, 1.54) is 11.9 Å². The summed E-state index contributed by atoms with van der Waals surface area (Å²) in [7, 11) is 1.49. The summed E-state index contributed by atoms with van der Waals surface area (Å²) >= 11 is 4.67. The van der Waals surface area contributed by atoms with Crippen molar-refractivity contribution >= 4 is 28.9 Å². The third-order valence-electron chi connectivity index (χ3n) is 2.64. The van der Waals surface area contributed by atoms with E-state index in [1.54, 1.807) is 6.92 Å². The number of hydrogen-bond donors (Lipinski definition) is 1. The lowest BCUT2D eigenvalue weighted by Crippen LogP contribution is -2.24. The van der Waals surface area contributed by atoms with Crippen LogP contribution >= 0.6 is 12.2 Å². The Morgan fingerprint density at radius 3 is 2.40 bits per heavy atom. The van der Waals surface area contributed by atoms with Gasteiger partial charge in [0.05, 0.1) is 13.0 Å². The zero-order chi connectivity index (χ0) is 15.3. The summed E-state index contributed by atoms with van der Waals surface area (Å²) in [6, 6.07) is 2.14. The average Bonchev–Trinajstić information content (AvgIpc) is 2.35. The second-order valence-corrected chi connectivity index (χ2v) is 4.57. The monoisotopic (exact) mass is 302 g/mol. The third-order valence-corrected chi connectivity index (χ3v) is 2.88. The van der Waals surface area contributed by atoms with Crippen molar-refractivity contribution < 1.29 is 18.3 Å². The van der Waals surface area contributed by atoms with Gasteiger partial charge in [-0.05, 0) is 19.1 Å². The van der Waals surface area contributed by atoms with Crippen molar-refractivity contribution in [2.75, 3.05) is 25.1 Å². The number of ether oxygens (including phenoxy) is 1. The Hall–Kier alpha value is -1.76. The molecule has 0 aromatic heterocycles. The van der Waals surface area contributed by atoms with E-state index in [0.717, 1.165) is 12.1 Å². The molecular formula is C13H16F2N2O2S. The normalized spacial score (nSPS) is 10.2. The van der Waals surface area contributed by atoms with Crippen LogP contribution in [0.5, 0.6) is 0 Å². The van der Waals surface area contributed by atoms with E-state index in [2.05, 4.69) is 12.2 Å². The van der Waals surface area contributed by atoms with E-state index < -0.39 is 17.6 Å².